The summed E-state index contributed by atoms with van der Waals surface area (Å²) in [6, 6.07) is 6.29. The molecule has 0 radical (unpaired) electrons. The van der Waals surface area contributed by atoms with E-state index in [2.05, 4.69) is 5.32 Å². The van der Waals surface area contributed by atoms with Crippen LogP contribution in [0.25, 0.3) is 0 Å². The minimum atomic E-state index is -0.942. The number of carbonyl (C=O) groups excluding carboxylic acids is 2. The quantitative estimate of drug-likeness (QED) is 0.691. The molecule has 0 aliphatic heterocycles. The van der Waals surface area contributed by atoms with Crippen molar-refractivity contribution in [3.63, 3.8) is 0 Å². The zero-order valence-electron chi connectivity index (χ0n) is 9.28. The summed E-state index contributed by atoms with van der Waals surface area (Å²) in [6.07, 6.45) is 0. The van der Waals surface area contributed by atoms with Crippen LogP contribution in [0.2, 0.25) is 0 Å². The van der Waals surface area contributed by atoms with E-state index >= 15 is 0 Å². The summed E-state index contributed by atoms with van der Waals surface area (Å²) in [4.78, 5) is 22.3. The molecule has 0 saturated carbocycles. The lowest BCUT2D eigenvalue weighted by Crippen LogP contribution is -2.45. The van der Waals surface area contributed by atoms with Gasteiger partial charge in [0, 0.05) is 11.3 Å². The normalized spacial score (nSPS) is 10.9. The lowest BCUT2D eigenvalue weighted by molar-refractivity contribution is -0.120. The Morgan fingerprint density at radius 2 is 1.69 bits per heavy atom. The molecule has 1 rings (SSSR count). The van der Waals surface area contributed by atoms with Crippen LogP contribution < -0.4 is 16.8 Å². The van der Waals surface area contributed by atoms with Gasteiger partial charge < -0.3 is 16.8 Å². The van der Waals surface area contributed by atoms with Crippen LogP contribution >= 0.6 is 0 Å². The van der Waals surface area contributed by atoms with E-state index in [-0.39, 0.29) is 5.91 Å². The number of amides is 2. The largest absolute Gasteiger partial charge is 0.366 e. The Balaban J connectivity index is 2.77. The fourth-order valence-corrected chi connectivity index (χ4v) is 1.01. The van der Waals surface area contributed by atoms with Gasteiger partial charge in [-0.3, -0.25) is 9.59 Å². The van der Waals surface area contributed by atoms with Crippen LogP contribution in [0.15, 0.2) is 24.3 Å². The van der Waals surface area contributed by atoms with Crippen LogP contribution in [0.3, 0.4) is 0 Å². The Kier molecular flexibility index (Phi) is 3.29. The first kappa shape index (κ1) is 12.2. The Bertz CT molecular complexity index is 404. The maximum Gasteiger partial charge on any atom is 0.248 e. The van der Waals surface area contributed by atoms with E-state index in [1.54, 1.807) is 38.1 Å². The molecular weight excluding hydrogens is 206 g/mol. The summed E-state index contributed by atoms with van der Waals surface area (Å²) >= 11 is 0. The Morgan fingerprint density at radius 1 is 1.19 bits per heavy atom. The zero-order chi connectivity index (χ0) is 12.3. The second-order valence-electron chi connectivity index (χ2n) is 4.12. The number of hydrogen-bond donors (Lipinski definition) is 3. The van der Waals surface area contributed by atoms with Gasteiger partial charge in [0.05, 0.1) is 5.54 Å². The van der Waals surface area contributed by atoms with E-state index in [1.807, 2.05) is 0 Å². The topological polar surface area (TPSA) is 98.2 Å². The van der Waals surface area contributed by atoms with Gasteiger partial charge in [0.25, 0.3) is 0 Å². The van der Waals surface area contributed by atoms with Crippen molar-refractivity contribution in [1.29, 1.82) is 0 Å². The molecule has 5 nitrogen and oxygen atoms in total. The SMILES string of the molecule is CC(C)(N)C(=O)Nc1ccc(C(N)=O)cc1. The van der Waals surface area contributed by atoms with E-state index < -0.39 is 11.4 Å². The number of nitrogens with two attached hydrogens (primary N) is 2. The number of anilines is 1. The average Bonchev–Trinajstić information content (AvgIpc) is 2.17. The highest BCUT2D eigenvalue weighted by molar-refractivity contribution is 5.98. The molecule has 0 aliphatic carbocycles. The molecule has 0 aromatic heterocycles. The van der Waals surface area contributed by atoms with Gasteiger partial charge in [-0.2, -0.15) is 0 Å². The highest BCUT2D eigenvalue weighted by Crippen LogP contribution is 2.11. The first-order valence-corrected chi connectivity index (χ1v) is 4.81. The van der Waals surface area contributed by atoms with Crippen molar-refractivity contribution in [2.75, 3.05) is 5.32 Å². The van der Waals surface area contributed by atoms with E-state index in [0.29, 0.717) is 11.3 Å². The highest BCUT2D eigenvalue weighted by atomic mass is 16.2. The molecule has 0 spiro atoms. The summed E-state index contributed by atoms with van der Waals surface area (Å²) in [5.74, 6) is -0.795. The number of rotatable bonds is 3. The fraction of sp³-hybridized carbons (Fsp3) is 0.273. The molecular formula is C11H15N3O2. The van der Waals surface area contributed by atoms with Crippen molar-refractivity contribution < 1.29 is 9.59 Å². The third-order valence-corrected chi connectivity index (χ3v) is 2.01. The maximum absolute atomic E-state index is 11.5. The Labute approximate surface area is 93.8 Å². The summed E-state index contributed by atoms with van der Waals surface area (Å²) in [7, 11) is 0. The summed E-state index contributed by atoms with van der Waals surface area (Å²) in [5.41, 5.74) is 10.7. The molecule has 5 N–H and O–H groups in total. The van der Waals surface area contributed by atoms with E-state index in [9.17, 15) is 9.59 Å². The molecule has 1 aromatic carbocycles. The predicted molar refractivity (Wildman–Crippen MR) is 61.9 cm³/mol. The maximum atomic E-state index is 11.5. The number of primary amides is 1. The number of benzene rings is 1. The number of hydrogen-bond acceptors (Lipinski definition) is 3. The van der Waals surface area contributed by atoms with Gasteiger partial charge in [0.1, 0.15) is 0 Å². The number of nitrogens with one attached hydrogen (secondary N) is 1. The molecule has 0 heterocycles. The third kappa shape index (κ3) is 3.06. The molecule has 0 unspecified atom stereocenters. The van der Waals surface area contributed by atoms with Crippen LogP contribution in [0.1, 0.15) is 24.2 Å². The third-order valence-electron chi connectivity index (χ3n) is 2.01. The molecule has 0 bridgehead atoms. The molecule has 2 amide bonds. The minimum absolute atomic E-state index is 0.292. The average molecular weight is 221 g/mol. The second kappa shape index (κ2) is 4.32. The van der Waals surface area contributed by atoms with Gasteiger partial charge in [0.15, 0.2) is 0 Å². The molecule has 0 atom stereocenters. The van der Waals surface area contributed by atoms with Gasteiger partial charge in [0.2, 0.25) is 11.8 Å². The zero-order valence-corrected chi connectivity index (χ0v) is 9.28. The minimum Gasteiger partial charge on any atom is -0.366 e. The van der Waals surface area contributed by atoms with Crippen molar-refractivity contribution in [2.24, 2.45) is 11.5 Å². The highest BCUT2D eigenvalue weighted by Gasteiger charge is 2.21. The molecule has 0 fully saturated rings. The lowest BCUT2D eigenvalue weighted by Gasteiger charge is -2.17. The molecule has 1 aromatic rings. The Morgan fingerprint density at radius 3 is 2.06 bits per heavy atom. The fourth-order valence-electron chi connectivity index (χ4n) is 1.01. The summed E-state index contributed by atoms with van der Waals surface area (Å²) in [6.45, 7) is 3.22. The van der Waals surface area contributed by atoms with Crippen molar-refractivity contribution in [1.82, 2.24) is 0 Å². The van der Waals surface area contributed by atoms with Crippen molar-refractivity contribution >= 4 is 17.5 Å². The lowest BCUT2D eigenvalue weighted by atomic mass is 10.1. The molecule has 5 heteroatoms. The van der Waals surface area contributed by atoms with Crippen LogP contribution in [0.5, 0.6) is 0 Å². The van der Waals surface area contributed by atoms with Crippen LogP contribution in [0.4, 0.5) is 5.69 Å². The van der Waals surface area contributed by atoms with E-state index in [4.69, 9.17) is 11.5 Å². The van der Waals surface area contributed by atoms with Crippen molar-refractivity contribution in [3.05, 3.63) is 29.8 Å². The van der Waals surface area contributed by atoms with E-state index in [0.717, 1.165) is 0 Å². The van der Waals surface area contributed by atoms with Crippen molar-refractivity contribution in [3.8, 4) is 0 Å². The first-order chi connectivity index (χ1) is 7.30. The standard InChI is InChI=1S/C11H15N3O2/c1-11(2,13)10(16)14-8-5-3-7(4-6-8)9(12)15/h3-6H,13H2,1-2H3,(H2,12,15)(H,14,16). The van der Waals surface area contributed by atoms with Crippen LogP contribution in [0, 0.1) is 0 Å². The summed E-state index contributed by atoms with van der Waals surface area (Å²) < 4.78 is 0. The molecule has 86 valence electrons. The monoisotopic (exact) mass is 221 g/mol. The molecule has 16 heavy (non-hydrogen) atoms. The number of carbonyl (C=O) groups is 2. The van der Waals surface area contributed by atoms with Crippen LogP contribution in [-0.2, 0) is 4.79 Å². The van der Waals surface area contributed by atoms with Gasteiger partial charge >= 0.3 is 0 Å². The van der Waals surface area contributed by atoms with Crippen molar-refractivity contribution in [2.45, 2.75) is 19.4 Å². The molecule has 0 saturated heterocycles. The summed E-state index contributed by atoms with van der Waals surface area (Å²) in [5, 5.41) is 2.63. The second-order valence-corrected chi connectivity index (χ2v) is 4.12. The van der Waals surface area contributed by atoms with Gasteiger partial charge in [-0.15, -0.1) is 0 Å². The van der Waals surface area contributed by atoms with E-state index in [1.165, 1.54) is 0 Å². The van der Waals surface area contributed by atoms with Gasteiger partial charge in [-0.25, -0.2) is 0 Å². The first-order valence-electron chi connectivity index (χ1n) is 4.81. The molecule has 0 aliphatic rings. The van der Waals surface area contributed by atoms with Gasteiger partial charge in [-0.05, 0) is 38.1 Å². The Hall–Kier alpha value is -1.88. The predicted octanol–water partition coefficient (Wildman–Crippen LogP) is 0.461. The van der Waals surface area contributed by atoms with Gasteiger partial charge in [-0.1, -0.05) is 0 Å². The van der Waals surface area contributed by atoms with Crippen LogP contribution in [-0.4, -0.2) is 17.4 Å². The smallest absolute Gasteiger partial charge is 0.248 e.